The van der Waals surface area contributed by atoms with Crippen LogP contribution in [-0.4, -0.2) is 64.0 Å². The first-order valence-corrected chi connectivity index (χ1v) is 13.9. The molecule has 198 valence electrons. The third-order valence-corrected chi connectivity index (χ3v) is 8.54. The second kappa shape index (κ2) is 12.0. The third-order valence-electron chi connectivity index (χ3n) is 6.42. The molecule has 0 aliphatic carbocycles. The fourth-order valence-electron chi connectivity index (χ4n) is 4.44. The van der Waals surface area contributed by atoms with Gasteiger partial charge in [-0.2, -0.15) is 4.31 Å². The number of hydrogen-bond donors (Lipinski definition) is 2. The zero-order valence-electron chi connectivity index (χ0n) is 20.9. The van der Waals surface area contributed by atoms with Crippen LogP contribution in [0.4, 0.5) is 5.69 Å². The number of nitrogens with zero attached hydrogens (tertiary/aromatic N) is 2. The normalized spacial score (nSPS) is 16.4. The van der Waals surface area contributed by atoms with Gasteiger partial charge in [-0.3, -0.25) is 9.78 Å². The second-order valence-electron chi connectivity index (χ2n) is 8.81. The van der Waals surface area contributed by atoms with Gasteiger partial charge in [0.25, 0.3) is 0 Å². The number of methoxy groups -OCH3 is 2. The highest BCUT2D eigenvalue weighted by molar-refractivity contribution is 7.89. The van der Waals surface area contributed by atoms with Crippen LogP contribution in [0.15, 0.2) is 53.6 Å². The lowest BCUT2D eigenvalue weighted by molar-refractivity contribution is -0.126. The van der Waals surface area contributed by atoms with Crippen molar-refractivity contribution in [1.29, 1.82) is 0 Å². The Kier molecular flexibility index (Phi) is 8.73. The Hall–Kier alpha value is -3.08. The van der Waals surface area contributed by atoms with Crippen molar-refractivity contribution in [2.45, 2.75) is 24.2 Å². The number of hydrogen-bond acceptors (Lipinski definition) is 7. The van der Waals surface area contributed by atoms with E-state index in [0.29, 0.717) is 49.7 Å². The number of amides is 1. The fraction of sp³-hybridized carbons (Fsp3) is 0.385. The SMILES string of the molecule is COc1ccc(OC)c(S(=O)(=O)N2CCCC(C(=O)NCCCNc3ccnc4cc(Cl)ccc34)C2)c1. The smallest absolute Gasteiger partial charge is 0.246 e. The van der Waals surface area contributed by atoms with Crippen LogP contribution >= 0.6 is 11.6 Å². The quantitative estimate of drug-likeness (QED) is 0.371. The fourth-order valence-corrected chi connectivity index (χ4v) is 6.30. The number of sulfonamides is 1. The maximum atomic E-state index is 13.4. The van der Waals surface area contributed by atoms with Crippen LogP contribution in [0.25, 0.3) is 10.9 Å². The summed E-state index contributed by atoms with van der Waals surface area (Å²) in [6.07, 6.45) is 3.67. The van der Waals surface area contributed by atoms with Crippen LogP contribution in [0.5, 0.6) is 11.5 Å². The molecule has 0 bridgehead atoms. The first kappa shape index (κ1) is 27.0. The summed E-state index contributed by atoms with van der Waals surface area (Å²) in [5.74, 6) is 0.108. The zero-order chi connectivity index (χ0) is 26.4. The van der Waals surface area contributed by atoms with Crippen LogP contribution in [0.2, 0.25) is 5.02 Å². The molecular formula is C26H31ClN4O5S. The Morgan fingerprint density at radius 2 is 1.97 bits per heavy atom. The summed E-state index contributed by atoms with van der Waals surface area (Å²) in [7, 11) is -0.957. The van der Waals surface area contributed by atoms with Crippen molar-refractivity contribution in [3.8, 4) is 11.5 Å². The minimum atomic E-state index is -3.86. The largest absolute Gasteiger partial charge is 0.497 e. The minimum absolute atomic E-state index is 0.0346. The van der Waals surface area contributed by atoms with E-state index in [1.54, 1.807) is 18.3 Å². The molecule has 1 aliphatic rings. The molecule has 0 spiro atoms. The Morgan fingerprint density at radius 1 is 1.14 bits per heavy atom. The second-order valence-corrected chi connectivity index (χ2v) is 11.2. The van der Waals surface area contributed by atoms with Crippen molar-refractivity contribution in [3.05, 3.63) is 53.7 Å². The van der Waals surface area contributed by atoms with Crippen LogP contribution < -0.4 is 20.1 Å². The van der Waals surface area contributed by atoms with Crippen molar-refractivity contribution in [2.75, 3.05) is 45.7 Å². The minimum Gasteiger partial charge on any atom is -0.497 e. The number of anilines is 1. The van der Waals surface area contributed by atoms with Crippen LogP contribution in [0.3, 0.4) is 0 Å². The van der Waals surface area contributed by atoms with E-state index in [2.05, 4.69) is 15.6 Å². The molecule has 1 aromatic heterocycles. The number of piperidine rings is 1. The number of ether oxygens (including phenoxy) is 2. The molecule has 2 N–H and O–H groups in total. The number of nitrogens with one attached hydrogen (secondary N) is 2. The zero-order valence-corrected chi connectivity index (χ0v) is 22.4. The highest BCUT2D eigenvalue weighted by atomic mass is 35.5. The van der Waals surface area contributed by atoms with Gasteiger partial charge < -0.3 is 20.1 Å². The Labute approximate surface area is 222 Å². The number of benzene rings is 2. The summed E-state index contributed by atoms with van der Waals surface area (Å²) in [6.45, 7) is 1.61. The van der Waals surface area contributed by atoms with E-state index >= 15 is 0 Å². The average molecular weight is 547 g/mol. The topological polar surface area (TPSA) is 110 Å². The molecule has 1 atom stereocenters. The number of fused-ring (bicyclic) bond motifs is 1. The molecule has 1 amide bonds. The van der Waals surface area contributed by atoms with Crippen molar-refractivity contribution in [2.24, 2.45) is 5.92 Å². The van der Waals surface area contributed by atoms with Gasteiger partial charge >= 0.3 is 0 Å². The van der Waals surface area contributed by atoms with E-state index in [4.69, 9.17) is 21.1 Å². The van der Waals surface area contributed by atoms with Gasteiger partial charge in [0.1, 0.15) is 16.4 Å². The van der Waals surface area contributed by atoms with E-state index in [9.17, 15) is 13.2 Å². The van der Waals surface area contributed by atoms with Crippen LogP contribution in [-0.2, 0) is 14.8 Å². The Morgan fingerprint density at radius 3 is 2.76 bits per heavy atom. The predicted molar refractivity (Wildman–Crippen MR) is 144 cm³/mol. The van der Waals surface area contributed by atoms with E-state index in [1.165, 1.54) is 24.6 Å². The number of pyridine rings is 1. The third kappa shape index (κ3) is 6.26. The molecule has 0 radical (unpaired) electrons. The molecule has 9 nitrogen and oxygen atoms in total. The number of rotatable bonds is 10. The van der Waals surface area contributed by atoms with Gasteiger partial charge in [-0.25, -0.2) is 8.42 Å². The summed E-state index contributed by atoms with van der Waals surface area (Å²) in [6, 6.07) is 12.1. The summed E-state index contributed by atoms with van der Waals surface area (Å²) in [5, 5.41) is 7.96. The van der Waals surface area contributed by atoms with Gasteiger partial charge in [-0.15, -0.1) is 0 Å². The van der Waals surface area contributed by atoms with Gasteiger partial charge in [0, 0.05) is 54.5 Å². The van der Waals surface area contributed by atoms with Crippen molar-refractivity contribution < 1.29 is 22.7 Å². The van der Waals surface area contributed by atoms with E-state index < -0.39 is 15.9 Å². The molecule has 1 saturated heterocycles. The maximum Gasteiger partial charge on any atom is 0.246 e. The summed E-state index contributed by atoms with van der Waals surface area (Å²) < 4.78 is 38.6. The van der Waals surface area contributed by atoms with Crippen LogP contribution in [0, 0.1) is 5.92 Å². The number of carbonyl (C=O) groups is 1. The Balaban J connectivity index is 1.31. The molecule has 3 aromatic rings. The number of halogens is 1. The van der Waals surface area contributed by atoms with E-state index in [-0.39, 0.29) is 23.1 Å². The average Bonchev–Trinajstić information content (AvgIpc) is 2.92. The van der Waals surface area contributed by atoms with Crippen molar-refractivity contribution >= 4 is 44.1 Å². The van der Waals surface area contributed by atoms with E-state index in [1.807, 2.05) is 24.3 Å². The molecule has 2 aromatic carbocycles. The summed E-state index contributed by atoms with van der Waals surface area (Å²) >= 11 is 6.05. The maximum absolute atomic E-state index is 13.4. The molecular weight excluding hydrogens is 516 g/mol. The molecule has 0 saturated carbocycles. The van der Waals surface area contributed by atoms with Crippen LogP contribution in [0.1, 0.15) is 19.3 Å². The number of aromatic nitrogens is 1. The molecule has 37 heavy (non-hydrogen) atoms. The molecule has 1 unspecified atom stereocenters. The van der Waals surface area contributed by atoms with E-state index in [0.717, 1.165) is 16.6 Å². The number of carbonyl (C=O) groups excluding carboxylic acids is 1. The molecule has 1 aliphatic heterocycles. The Bertz CT molecular complexity index is 1370. The van der Waals surface area contributed by atoms with Gasteiger partial charge in [-0.1, -0.05) is 11.6 Å². The lowest BCUT2D eigenvalue weighted by Crippen LogP contribution is -2.45. The molecule has 1 fully saturated rings. The van der Waals surface area contributed by atoms with Crippen molar-refractivity contribution in [3.63, 3.8) is 0 Å². The van der Waals surface area contributed by atoms with Gasteiger partial charge in [0.05, 0.1) is 25.7 Å². The summed E-state index contributed by atoms with van der Waals surface area (Å²) in [5.41, 5.74) is 1.77. The van der Waals surface area contributed by atoms with Gasteiger partial charge in [-0.05, 0) is 55.7 Å². The highest BCUT2D eigenvalue weighted by Gasteiger charge is 2.35. The molecule has 2 heterocycles. The monoisotopic (exact) mass is 546 g/mol. The van der Waals surface area contributed by atoms with Crippen molar-refractivity contribution in [1.82, 2.24) is 14.6 Å². The lowest BCUT2D eigenvalue weighted by Gasteiger charge is -2.31. The van der Waals surface area contributed by atoms with Gasteiger partial charge in [0.2, 0.25) is 15.9 Å². The summed E-state index contributed by atoms with van der Waals surface area (Å²) in [4.78, 5) is 17.2. The molecule has 4 rings (SSSR count). The predicted octanol–water partition coefficient (Wildman–Crippen LogP) is 3.92. The highest BCUT2D eigenvalue weighted by Crippen LogP contribution is 2.32. The molecule has 11 heteroatoms. The first-order chi connectivity index (χ1) is 17.8. The lowest BCUT2D eigenvalue weighted by atomic mass is 9.99. The standard InChI is InChI=1S/C26H31ClN4O5S/c1-35-20-7-9-24(36-2)25(16-20)37(33,34)31-14-3-5-18(17-31)26(32)30-12-4-11-28-22-10-13-29-23-15-19(27)6-8-21(22)23/h6-10,13,15-16,18H,3-5,11-12,14,17H2,1-2H3,(H,28,29)(H,30,32). The van der Waals surface area contributed by atoms with Gasteiger partial charge in [0.15, 0.2) is 0 Å². The first-order valence-electron chi connectivity index (χ1n) is 12.1.